The molecule has 0 atom stereocenters. The summed E-state index contributed by atoms with van der Waals surface area (Å²) in [5.74, 6) is 0. The molecule has 1 aromatic carbocycles. The van der Waals surface area contributed by atoms with Gasteiger partial charge in [-0.3, -0.25) is 8.75 Å². The summed E-state index contributed by atoms with van der Waals surface area (Å²) in [6.45, 7) is 4.38. The molecule has 9 heteroatoms. The predicted octanol–water partition coefficient (Wildman–Crippen LogP) is 8.13. The summed E-state index contributed by atoms with van der Waals surface area (Å²) in [5.41, 5.74) is 9.36. The van der Waals surface area contributed by atoms with Crippen molar-refractivity contribution in [3.8, 4) is 0 Å². The molecule has 0 radical (unpaired) electrons. The van der Waals surface area contributed by atoms with Crippen molar-refractivity contribution in [3.63, 3.8) is 0 Å². The summed E-state index contributed by atoms with van der Waals surface area (Å²) in [4.78, 5) is 10.3. The predicted molar refractivity (Wildman–Crippen MR) is 132 cm³/mol. The number of hydrogen-bond acceptors (Lipinski definition) is 7. The number of aryl methyl sites for hydroxylation is 2. The minimum absolute atomic E-state index is 1.04. The van der Waals surface area contributed by atoms with Crippen LogP contribution in [0.2, 0.25) is 0 Å². The Kier molecular flexibility index (Phi) is 2.71. The van der Waals surface area contributed by atoms with Crippen LogP contribution in [-0.2, 0) is 0 Å². The highest BCUT2D eigenvalue weighted by Gasteiger charge is 2.25. The van der Waals surface area contributed by atoms with Crippen LogP contribution >= 0.6 is 57.1 Å². The number of H-pyrrole nitrogens is 2. The fourth-order valence-electron chi connectivity index (χ4n) is 4.43. The second-order valence-corrected chi connectivity index (χ2v) is 11.9. The number of rotatable bonds is 0. The number of hydrogen-bond donors (Lipinski definition) is 2. The molecule has 29 heavy (non-hydrogen) atoms. The van der Waals surface area contributed by atoms with Gasteiger partial charge in [-0.15, -0.1) is 45.3 Å². The molecule has 0 aliphatic carbocycles. The number of nitrogens with one attached hydrogen (secondary N) is 2. The average Bonchev–Trinajstić information content (AvgIpc) is 3.48. The molecular formula is C20H10N4S5. The van der Waals surface area contributed by atoms with E-state index in [1.165, 1.54) is 61.8 Å². The van der Waals surface area contributed by atoms with Gasteiger partial charge in [-0.1, -0.05) is 0 Å². The Hall–Kier alpha value is -2.04. The van der Waals surface area contributed by atoms with Gasteiger partial charge in [0.2, 0.25) is 0 Å². The Morgan fingerprint density at radius 3 is 1.59 bits per heavy atom. The number of aromatic amines is 2. The van der Waals surface area contributed by atoms with Gasteiger partial charge in [-0.05, 0) is 35.7 Å². The maximum Gasteiger partial charge on any atom is 0.101 e. The lowest BCUT2D eigenvalue weighted by molar-refractivity contribution is 1.54. The highest BCUT2D eigenvalue weighted by molar-refractivity contribution is 7.33. The molecule has 7 heterocycles. The van der Waals surface area contributed by atoms with Gasteiger partial charge < -0.3 is 0 Å². The number of nitrogens with zero attached hydrogens (tertiary/aromatic N) is 2. The van der Waals surface area contributed by atoms with Gasteiger partial charge in [0, 0.05) is 22.5 Å². The minimum Gasteiger partial charge on any atom is -0.294 e. The standard InChI is InChI=1S/C20H10N4S5/c1-5-3-25-19-13-17(27-15(5)19)7-9(21-13)10-8(12-11(7)23-29-24-12)18-14(22-10)20-16(28-18)6(2)4-26-20/h3-4,23-24H,1-2H3. The largest absolute Gasteiger partial charge is 0.294 e. The number of fused-ring (bicyclic) bond motifs is 14. The van der Waals surface area contributed by atoms with Crippen LogP contribution in [0.15, 0.2) is 10.8 Å². The van der Waals surface area contributed by atoms with Crippen LogP contribution in [0.3, 0.4) is 0 Å². The molecule has 0 bridgehead atoms. The van der Waals surface area contributed by atoms with E-state index in [-0.39, 0.29) is 0 Å². The first-order chi connectivity index (χ1) is 14.2. The molecule has 0 aliphatic rings. The zero-order valence-corrected chi connectivity index (χ0v) is 19.2. The lowest BCUT2D eigenvalue weighted by atomic mass is 10.1. The van der Waals surface area contributed by atoms with Crippen molar-refractivity contribution >= 4 is 129 Å². The quantitative estimate of drug-likeness (QED) is 0.237. The average molecular weight is 467 g/mol. The van der Waals surface area contributed by atoms with Crippen LogP contribution in [0.4, 0.5) is 0 Å². The summed E-state index contributed by atoms with van der Waals surface area (Å²) >= 11 is 8.89. The molecule has 0 fully saturated rings. The molecule has 0 spiro atoms. The Bertz CT molecular complexity index is 1800. The number of benzene rings is 1. The van der Waals surface area contributed by atoms with E-state index in [0.29, 0.717) is 0 Å². The molecule has 0 aliphatic heterocycles. The van der Waals surface area contributed by atoms with Crippen LogP contribution in [-0.4, -0.2) is 18.7 Å². The third-order valence-corrected chi connectivity index (χ3v) is 11.5. The van der Waals surface area contributed by atoms with Crippen molar-refractivity contribution in [1.29, 1.82) is 0 Å². The summed E-state index contributed by atoms with van der Waals surface area (Å²) < 4.78 is 14.9. The van der Waals surface area contributed by atoms with Crippen molar-refractivity contribution in [3.05, 3.63) is 21.9 Å². The van der Waals surface area contributed by atoms with Gasteiger partial charge in [0.1, 0.15) is 22.1 Å². The van der Waals surface area contributed by atoms with E-state index in [0.717, 1.165) is 33.1 Å². The van der Waals surface area contributed by atoms with Crippen LogP contribution < -0.4 is 0 Å². The van der Waals surface area contributed by atoms with Gasteiger partial charge >= 0.3 is 0 Å². The molecule has 2 N–H and O–H groups in total. The fraction of sp³-hybridized carbons (Fsp3) is 0.100. The molecule has 7 aromatic heterocycles. The maximum absolute atomic E-state index is 5.17. The SMILES string of the molecule is Cc1csc2c1sc1c2nc2c3nc4c5scc(C)c5sc4c3c3[nH]s[nH]c3c21. The van der Waals surface area contributed by atoms with Crippen LogP contribution in [0, 0.1) is 13.8 Å². The summed E-state index contributed by atoms with van der Waals surface area (Å²) in [5, 5.41) is 6.91. The zero-order valence-electron chi connectivity index (χ0n) is 15.1. The molecule has 0 unspecified atom stereocenters. The lowest BCUT2D eigenvalue weighted by Crippen LogP contribution is -1.78. The second kappa shape index (κ2) is 4.98. The Morgan fingerprint density at radius 2 is 1.10 bits per heavy atom. The topological polar surface area (TPSA) is 57.4 Å². The van der Waals surface area contributed by atoms with Crippen LogP contribution in [0.25, 0.3) is 72.1 Å². The molecule has 0 amide bonds. The first kappa shape index (κ1) is 15.8. The Labute approximate surface area is 182 Å². The Balaban J connectivity index is 1.70. The lowest BCUT2D eigenvalue weighted by Gasteiger charge is -1.97. The molecule has 8 aromatic rings. The minimum atomic E-state index is 1.04. The first-order valence-electron chi connectivity index (χ1n) is 9.08. The molecule has 8 rings (SSSR count). The van der Waals surface area contributed by atoms with Gasteiger partial charge in [-0.25, -0.2) is 9.97 Å². The molecule has 4 nitrogen and oxygen atoms in total. The smallest absolute Gasteiger partial charge is 0.101 e. The van der Waals surface area contributed by atoms with Crippen molar-refractivity contribution in [1.82, 2.24) is 18.7 Å². The van der Waals surface area contributed by atoms with Crippen LogP contribution in [0.5, 0.6) is 0 Å². The van der Waals surface area contributed by atoms with E-state index in [4.69, 9.17) is 9.97 Å². The zero-order chi connectivity index (χ0) is 19.0. The molecular weight excluding hydrogens is 457 g/mol. The van der Waals surface area contributed by atoms with Crippen molar-refractivity contribution in [2.24, 2.45) is 0 Å². The summed E-state index contributed by atoms with van der Waals surface area (Å²) in [7, 11) is 0. The number of thiophene rings is 4. The van der Waals surface area contributed by atoms with Crippen molar-refractivity contribution in [2.45, 2.75) is 13.8 Å². The number of aromatic nitrogens is 4. The van der Waals surface area contributed by atoms with E-state index in [1.807, 2.05) is 22.7 Å². The maximum atomic E-state index is 5.17. The normalized spacial score (nSPS) is 13.2. The van der Waals surface area contributed by atoms with Crippen LogP contribution in [0.1, 0.15) is 11.1 Å². The molecule has 140 valence electrons. The third-order valence-electron chi connectivity index (χ3n) is 5.76. The van der Waals surface area contributed by atoms with Gasteiger partial charge in [0.25, 0.3) is 0 Å². The van der Waals surface area contributed by atoms with Crippen molar-refractivity contribution in [2.75, 3.05) is 0 Å². The van der Waals surface area contributed by atoms with E-state index in [1.54, 1.807) is 22.7 Å². The van der Waals surface area contributed by atoms with Crippen molar-refractivity contribution < 1.29 is 0 Å². The van der Waals surface area contributed by atoms with E-state index in [9.17, 15) is 0 Å². The monoisotopic (exact) mass is 466 g/mol. The first-order valence-corrected chi connectivity index (χ1v) is 13.3. The third kappa shape index (κ3) is 1.69. The van der Waals surface area contributed by atoms with Gasteiger partial charge in [-0.2, -0.15) is 0 Å². The van der Waals surface area contributed by atoms with Gasteiger partial charge in [0.15, 0.2) is 0 Å². The van der Waals surface area contributed by atoms with E-state index < -0.39 is 0 Å². The Morgan fingerprint density at radius 1 is 0.621 bits per heavy atom. The van der Waals surface area contributed by atoms with E-state index in [2.05, 4.69) is 33.4 Å². The summed E-state index contributed by atoms with van der Waals surface area (Å²) in [6, 6.07) is 0. The van der Waals surface area contributed by atoms with Gasteiger partial charge in [0.05, 0.1) is 39.2 Å². The fourth-order valence-corrected chi connectivity index (χ4v) is 10.1. The second-order valence-electron chi connectivity index (χ2n) is 7.44. The highest BCUT2D eigenvalue weighted by Crippen LogP contribution is 2.50. The van der Waals surface area contributed by atoms with E-state index >= 15 is 0 Å². The highest BCUT2D eigenvalue weighted by atomic mass is 32.1. The molecule has 0 saturated heterocycles. The molecule has 0 saturated carbocycles. The summed E-state index contributed by atoms with van der Waals surface area (Å²) in [6.07, 6.45) is 0.